The van der Waals surface area contributed by atoms with Crippen LogP contribution in [0, 0.1) is 29.1 Å². The van der Waals surface area contributed by atoms with Crippen LogP contribution >= 0.6 is 0 Å². The standard InChI is InChI=1S/C15H15N3O2/c16-6-11-12-7-17(8-13(11)12)14-9-20-15(19)18(14)10-4-2-1-3-5-10/h1-5,11-14H,7-9H2. The third-order valence-electron chi connectivity index (χ3n) is 4.68. The van der Waals surface area contributed by atoms with E-state index >= 15 is 0 Å². The fraction of sp³-hybridized carbons (Fsp3) is 0.467. The highest BCUT2D eigenvalue weighted by Gasteiger charge is 2.58. The lowest BCUT2D eigenvalue weighted by molar-refractivity contribution is 0.156. The maximum Gasteiger partial charge on any atom is 0.415 e. The van der Waals surface area contributed by atoms with Gasteiger partial charge in [0.1, 0.15) is 12.8 Å². The molecule has 5 heteroatoms. The molecule has 0 N–H and O–H groups in total. The van der Waals surface area contributed by atoms with Crippen molar-refractivity contribution >= 4 is 11.8 Å². The minimum absolute atomic E-state index is 0.0305. The van der Waals surface area contributed by atoms with Gasteiger partial charge in [-0.3, -0.25) is 9.80 Å². The van der Waals surface area contributed by atoms with Gasteiger partial charge in [0.25, 0.3) is 0 Å². The smallest absolute Gasteiger partial charge is 0.415 e. The van der Waals surface area contributed by atoms with E-state index < -0.39 is 0 Å². The molecule has 3 atom stereocenters. The molecule has 0 spiro atoms. The summed E-state index contributed by atoms with van der Waals surface area (Å²) in [5, 5.41) is 8.98. The number of fused-ring (bicyclic) bond motifs is 1. The first-order valence-electron chi connectivity index (χ1n) is 6.94. The number of hydrogen-bond donors (Lipinski definition) is 0. The first-order chi connectivity index (χ1) is 9.79. The summed E-state index contributed by atoms with van der Waals surface area (Å²) in [6, 6.07) is 12.0. The van der Waals surface area contributed by atoms with Crippen LogP contribution < -0.4 is 4.90 Å². The number of piperidine rings is 1. The summed E-state index contributed by atoms with van der Waals surface area (Å²) in [5.74, 6) is 1.22. The van der Waals surface area contributed by atoms with Gasteiger partial charge in [-0.1, -0.05) is 18.2 Å². The van der Waals surface area contributed by atoms with Gasteiger partial charge in [-0.15, -0.1) is 0 Å². The Bertz CT molecular complexity index is 571. The zero-order valence-corrected chi connectivity index (χ0v) is 11.0. The highest BCUT2D eigenvalue weighted by atomic mass is 16.6. The molecule has 2 aliphatic heterocycles. The summed E-state index contributed by atoms with van der Waals surface area (Å²) in [6.07, 6.45) is -0.310. The Labute approximate surface area is 117 Å². The van der Waals surface area contributed by atoms with Gasteiger partial charge in [0, 0.05) is 18.8 Å². The third kappa shape index (κ3) is 1.61. The SMILES string of the molecule is N#CC1C2CN(C3COC(=O)N3c3ccccc3)CC12. The number of benzene rings is 1. The van der Waals surface area contributed by atoms with Crippen molar-refractivity contribution in [2.45, 2.75) is 6.17 Å². The molecule has 1 aromatic carbocycles. The second-order valence-corrected chi connectivity index (χ2v) is 5.70. The van der Waals surface area contributed by atoms with E-state index in [2.05, 4.69) is 11.0 Å². The Balaban J connectivity index is 1.54. The van der Waals surface area contributed by atoms with Gasteiger partial charge in [-0.2, -0.15) is 5.26 Å². The maximum atomic E-state index is 12.0. The monoisotopic (exact) mass is 269 g/mol. The molecule has 2 saturated heterocycles. The largest absolute Gasteiger partial charge is 0.445 e. The molecule has 3 fully saturated rings. The van der Waals surface area contributed by atoms with Crippen molar-refractivity contribution in [1.82, 2.24) is 4.90 Å². The van der Waals surface area contributed by atoms with Crippen LogP contribution in [0.25, 0.3) is 0 Å². The third-order valence-corrected chi connectivity index (χ3v) is 4.68. The normalized spacial score (nSPS) is 35.5. The number of hydrogen-bond acceptors (Lipinski definition) is 4. The number of nitriles is 1. The summed E-state index contributed by atoms with van der Waals surface area (Å²) in [5.41, 5.74) is 0.873. The number of ether oxygens (including phenoxy) is 1. The molecule has 3 aliphatic rings. The van der Waals surface area contributed by atoms with Gasteiger partial charge < -0.3 is 4.74 Å². The second-order valence-electron chi connectivity index (χ2n) is 5.70. The van der Waals surface area contributed by atoms with Crippen molar-refractivity contribution in [3.05, 3.63) is 30.3 Å². The summed E-state index contributed by atoms with van der Waals surface area (Å²) >= 11 is 0. The van der Waals surface area contributed by atoms with Crippen LogP contribution in [0.15, 0.2) is 30.3 Å². The Morgan fingerprint density at radius 1 is 1.20 bits per heavy atom. The van der Waals surface area contributed by atoms with Gasteiger partial charge in [-0.25, -0.2) is 4.79 Å². The molecule has 0 bridgehead atoms. The zero-order valence-electron chi connectivity index (χ0n) is 11.0. The molecule has 0 aromatic heterocycles. The van der Waals surface area contributed by atoms with Crippen molar-refractivity contribution in [2.75, 3.05) is 24.6 Å². The van der Waals surface area contributed by atoms with E-state index in [1.807, 2.05) is 30.3 Å². The van der Waals surface area contributed by atoms with Crippen LogP contribution in [0.1, 0.15) is 0 Å². The average Bonchev–Trinajstić information content (AvgIpc) is 2.83. The van der Waals surface area contributed by atoms with Crippen LogP contribution in [0.2, 0.25) is 0 Å². The highest BCUT2D eigenvalue weighted by molar-refractivity contribution is 5.90. The fourth-order valence-electron chi connectivity index (χ4n) is 3.54. The lowest BCUT2D eigenvalue weighted by atomic mass is 10.2. The van der Waals surface area contributed by atoms with Gasteiger partial charge in [0.2, 0.25) is 0 Å². The van der Waals surface area contributed by atoms with Crippen molar-refractivity contribution in [3.8, 4) is 6.07 Å². The number of para-hydroxylation sites is 1. The van der Waals surface area contributed by atoms with E-state index in [1.165, 1.54) is 0 Å². The van der Waals surface area contributed by atoms with E-state index in [1.54, 1.807) is 4.90 Å². The van der Waals surface area contributed by atoms with Gasteiger partial charge in [-0.05, 0) is 24.0 Å². The topological polar surface area (TPSA) is 56.6 Å². The Morgan fingerprint density at radius 3 is 2.55 bits per heavy atom. The first-order valence-corrected chi connectivity index (χ1v) is 6.94. The minimum atomic E-state index is -0.279. The lowest BCUT2D eigenvalue weighted by Crippen LogP contribution is -2.47. The number of nitrogens with zero attached hydrogens (tertiary/aromatic N) is 3. The fourth-order valence-corrected chi connectivity index (χ4v) is 3.54. The second kappa shape index (κ2) is 4.22. The number of anilines is 1. The molecule has 4 rings (SSSR count). The molecule has 1 amide bonds. The van der Waals surface area contributed by atoms with Gasteiger partial charge in [0.05, 0.1) is 12.0 Å². The summed E-state index contributed by atoms with van der Waals surface area (Å²) in [6.45, 7) is 2.20. The van der Waals surface area contributed by atoms with Crippen molar-refractivity contribution in [3.63, 3.8) is 0 Å². The predicted molar refractivity (Wildman–Crippen MR) is 71.7 cm³/mol. The van der Waals surface area contributed by atoms with Crippen molar-refractivity contribution in [1.29, 1.82) is 5.26 Å². The molecule has 2 heterocycles. The van der Waals surface area contributed by atoms with E-state index in [9.17, 15) is 4.79 Å². The van der Waals surface area contributed by atoms with E-state index in [4.69, 9.17) is 10.00 Å². The van der Waals surface area contributed by atoms with Crippen LogP contribution in [0.3, 0.4) is 0 Å². The lowest BCUT2D eigenvalue weighted by Gasteiger charge is -2.30. The van der Waals surface area contributed by atoms with Crippen LogP contribution in [0.4, 0.5) is 10.5 Å². The van der Waals surface area contributed by atoms with Crippen molar-refractivity contribution < 1.29 is 9.53 Å². The first kappa shape index (κ1) is 11.7. The number of carbonyl (C=O) groups is 1. The molecule has 1 aromatic rings. The van der Waals surface area contributed by atoms with E-state index in [0.717, 1.165) is 18.8 Å². The predicted octanol–water partition coefficient (Wildman–Crippen LogP) is 1.67. The Hall–Kier alpha value is -2.06. The average molecular weight is 269 g/mol. The molecule has 5 nitrogen and oxygen atoms in total. The number of amides is 1. The van der Waals surface area contributed by atoms with Gasteiger partial charge >= 0.3 is 6.09 Å². The molecule has 1 aliphatic carbocycles. The van der Waals surface area contributed by atoms with E-state index in [0.29, 0.717) is 18.4 Å². The molecule has 20 heavy (non-hydrogen) atoms. The number of carbonyl (C=O) groups excluding carboxylic acids is 1. The molecule has 102 valence electrons. The number of rotatable bonds is 2. The maximum absolute atomic E-state index is 12.0. The van der Waals surface area contributed by atoms with Crippen LogP contribution in [-0.2, 0) is 4.74 Å². The zero-order chi connectivity index (χ0) is 13.7. The van der Waals surface area contributed by atoms with Crippen LogP contribution in [0.5, 0.6) is 0 Å². The van der Waals surface area contributed by atoms with Gasteiger partial charge in [0.15, 0.2) is 0 Å². The summed E-state index contributed by atoms with van der Waals surface area (Å²) in [7, 11) is 0. The molecule has 0 radical (unpaired) electrons. The number of cyclic esters (lactones) is 1. The Kier molecular flexibility index (Phi) is 2.48. The summed E-state index contributed by atoms with van der Waals surface area (Å²) < 4.78 is 5.23. The van der Waals surface area contributed by atoms with Crippen molar-refractivity contribution in [2.24, 2.45) is 17.8 Å². The van der Waals surface area contributed by atoms with Crippen LogP contribution in [-0.4, -0.2) is 36.9 Å². The Morgan fingerprint density at radius 2 is 1.90 bits per heavy atom. The number of likely N-dealkylation sites (tertiary alicyclic amines) is 1. The molecule has 3 unspecified atom stereocenters. The van der Waals surface area contributed by atoms with E-state index in [-0.39, 0.29) is 18.2 Å². The molecular formula is C15H15N3O2. The highest BCUT2D eigenvalue weighted by Crippen LogP contribution is 2.52. The molecule has 1 saturated carbocycles. The molecular weight excluding hydrogens is 254 g/mol. The quantitative estimate of drug-likeness (QED) is 0.819. The minimum Gasteiger partial charge on any atom is -0.445 e. The summed E-state index contributed by atoms with van der Waals surface area (Å²) in [4.78, 5) is 16.0.